The lowest BCUT2D eigenvalue weighted by Crippen LogP contribution is -3.00. The predicted molar refractivity (Wildman–Crippen MR) is 233 cm³/mol. The number of likely N-dealkylation sites (tertiary alicyclic amines) is 2. The quantitative estimate of drug-likeness (QED) is 0.220. The normalized spacial score (nSPS) is 15.7. The molecule has 10 rings (SSSR count). The van der Waals surface area contributed by atoms with Gasteiger partial charge in [0.25, 0.3) is 0 Å². The van der Waals surface area contributed by atoms with Crippen LogP contribution in [-0.2, 0) is 13.1 Å². The number of halogens is 4. The van der Waals surface area contributed by atoms with Gasteiger partial charge in [0.2, 0.25) is 0 Å². The highest BCUT2D eigenvalue weighted by molar-refractivity contribution is 6.21. The number of rotatable bonds is 9. The molecule has 8 nitrogen and oxygen atoms in total. The SMILES string of the molecule is COc1ccc2[nH]c3ccc4c[n+](CCN5CCC(C6CCN(CC[n+]7ccc8c(ccc9[nH]c%10ccc(OC)cc%10c98)c7)CC6)CC5)ccc4c3c2c1.Cl.Cl.[Cl-].[Cl-]. The molecule has 0 spiro atoms. The third-order valence-corrected chi connectivity index (χ3v) is 12.8. The van der Waals surface area contributed by atoms with E-state index in [0.29, 0.717) is 0 Å². The number of nitrogens with zero attached hydrogens (tertiary/aromatic N) is 4. The zero-order chi connectivity index (χ0) is 36.2. The summed E-state index contributed by atoms with van der Waals surface area (Å²) in [7, 11) is 3.47. The van der Waals surface area contributed by atoms with E-state index in [4.69, 9.17) is 9.47 Å². The Morgan fingerprint density at radius 2 is 0.931 bits per heavy atom. The second kappa shape index (κ2) is 18.5. The fourth-order valence-corrected chi connectivity index (χ4v) is 9.74. The fraction of sp³-hybridized carbons (Fsp3) is 0.348. The Kier molecular flexibility index (Phi) is 13.9. The van der Waals surface area contributed by atoms with Crippen LogP contribution < -0.4 is 43.4 Å². The Bertz CT molecular complexity index is 2480. The average molecular weight is 863 g/mol. The molecule has 0 bridgehead atoms. The number of aromatic nitrogens is 4. The second-order valence-electron chi connectivity index (χ2n) is 15.8. The van der Waals surface area contributed by atoms with E-state index < -0.39 is 0 Å². The molecule has 0 aliphatic carbocycles. The zero-order valence-corrected chi connectivity index (χ0v) is 36.2. The van der Waals surface area contributed by atoms with Gasteiger partial charge in [-0.2, -0.15) is 0 Å². The van der Waals surface area contributed by atoms with Crippen molar-refractivity contribution in [2.45, 2.75) is 38.8 Å². The van der Waals surface area contributed by atoms with Gasteiger partial charge in [0.15, 0.2) is 37.9 Å². The molecule has 2 aliphatic heterocycles. The van der Waals surface area contributed by atoms with Gasteiger partial charge in [0.05, 0.1) is 27.3 Å². The minimum atomic E-state index is 0. The summed E-state index contributed by atoms with van der Waals surface area (Å²) in [6, 6.07) is 26.1. The van der Waals surface area contributed by atoms with Crippen LogP contribution in [0.4, 0.5) is 0 Å². The molecule has 2 fully saturated rings. The molecule has 0 saturated carbocycles. The van der Waals surface area contributed by atoms with Crippen molar-refractivity contribution < 1.29 is 43.4 Å². The minimum absolute atomic E-state index is 0. The highest BCUT2D eigenvalue weighted by Crippen LogP contribution is 2.36. The van der Waals surface area contributed by atoms with Crippen LogP contribution in [0.15, 0.2) is 97.6 Å². The molecule has 58 heavy (non-hydrogen) atoms. The first-order valence-electron chi connectivity index (χ1n) is 19.9. The van der Waals surface area contributed by atoms with E-state index in [9.17, 15) is 0 Å². The summed E-state index contributed by atoms with van der Waals surface area (Å²) in [5, 5.41) is 10.1. The highest BCUT2D eigenvalue weighted by atomic mass is 35.5. The molecule has 8 aromatic rings. The van der Waals surface area contributed by atoms with E-state index in [-0.39, 0.29) is 49.6 Å². The van der Waals surface area contributed by atoms with Crippen LogP contribution in [0.5, 0.6) is 11.5 Å². The van der Waals surface area contributed by atoms with E-state index in [1.807, 2.05) is 12.1 Å². The molecule has 2 N–H and O–H groups in total. The van der Waals surface area contributed by atoms with Crippen molar-refractivity contribution in [1.29, 1.82) is 0 Å². The number of nitrogens with one attached hydrogen (secondary N) is 2. The van der Waals surface area contributed by atoms with Gasteiger partial charge in [-0.05, 0) is 124 Å². The van der Waals surface area contributed by atoms with Crippen LogP contribution in [0, 0.1) is 11.8 Å². The molecule has 0 unspecified atom stereocenters. The maximum Gasteiger partial charge on any atom is 0.176 e. The summed E-state index contributed by atoms with van der Waals surface area (Å²) in [6.45, 7) is 9.19. The molecule has 2 aliphatic rings. The average Bonchev–Trinajstić information content (AvgIpc) is 3.80. The van der Waals surface area contributed by atoms with Crippen molar-refractivity contribution in [3.8, 4) is 11.5 Å². The van der Waals surface area contributed by atoms with Crippen LogP contribution in [0.3, 0.4) is 0 Å². The first kappa shape index (κ1) is 43.6. The first-order valence-corrected chi connectivity index (χ1v) is 19.9. The van der Waals surface area contributed by atoms with Crippen molar-refractivity contribution in [1.82, 2.24) is 19.8 Å². The number of hydrogen-bond acceptors (Lipinski definition) is 4. The van der Waals surface area contributed by atoms with Crippen molar-refractivity contribution >= 4 is 90.0 Å². The summed E-state index contributed by atoms with van der Waals surface area (Å²) in [4.78, 5) is 12.6. The lowest BCUT2D eigenvalue weighted by molar-refractivity contribution is -0.695. The Morgan fingerprint density at radius 3 is 1.33 bits per heavy atom. The summed E-state index contributed by atoms with van der Waals surface area (Å²) in [5.74, 6) is 3.54. The molecular weight excluding hydrogens is 810 g/mol. The molecule has 4 aromatic heterocycles. The van der Waals surface area contributed by atoms with E-state index in [1.54, 1.807) is 14.2 Å². The van der Waals surface area contributed by atoms with E-state index in [0.717, 1.165) is 60.5 Å². The van der Waals surface area contributed by atoms with E-state index >= 15 is 0 Å². The number of hydrogen-bond donors (Lipinski definition) is 2. The smallest absolute Gasteiger partial charge is 0.176 e. The number of ether oxygens (including phenoxy) is 2. The number of fused-ring (bicyclic) bond motifs is 10. The molecule has 306 valence electrons. The molecule has 2 saturated heterocycles. The molecule has 6 heterocycles. The molecule has 4 aromatic carbocycles. The number of aromatic amines is 2. The van der Waals surface area contributed by atoms with E-state index in [1.165, 1.54) is 106 Å². The lowest BCUT2D eigenvalue weighted by atomic mass is 9.79. The van der Waals surface area contributed by atoms with Crippen LogP contribution in [0.25, 0.3) is 65.2 Å². The van der Waals surface area contributed by atoms with Crippen molar-refractivity contribution in [2.75, 3.05) is 53.5 Å². The van der Waals surface area contributed by atoms with Crippen molar-refractivity contribution in [3.63, 3.8) is 0 Å². The standard InChI is InChI=1S/C46H48N6O2.4ClH/c1-53-35-5-9-41-39(27-35)45-37-15-21-51(29-33(37)3-7-43(45)47-41)25-23-49-17-11-31(12-18-49)32-13-19-50(20-14-32)24-26-52-22-16-38-34(30-52)4-8-44-46(38)40-28-36(54-2)6-10-42(40)48-44;;;;/h3-10,15-16,21-22,27-32H,11-14,17-20,23-26H2,1-2H3;4*1H. The molecular formula is C46H52Cl4N6O2. The topological polar surface area (TPSA) is 64.3 Å². The van der Waals surface area contributed by atoms with Crippen molar-refractivity contribution in [2.24, 2.45) is 11.8 Å². The number of methoxy groups -OCH3 is 2. The zero-order valence-electron chi connectivity index (χ0n) is 33.1. The molecule has 0 amide bonds. The number of pyridine rings is 2. The molecule has 0 atom stereocenters. The van der Waals surface area contributed by atoms with Gasteiger partial charge >= 0.3 is 0 Å². The number of H-pyrrole nitrogens is 2. The van der Waals surface area contributed by atoms with Gasteiger partial charge in [0.1, 0.15) is 11.5 Å². The maximum absolute atomic E-state index is 5.53. The number of benzene rings is 4. The molecule has 12 heteroatoms. The third-order valence-electron chi connectivity index (χ3n) is 12.8. The summed E-state index contributed by atoms with van der Waals surface area (Å²) in [5.41, 5.74) is 4.64. The Balaban J connectivity index is 0.00000142. The van der Waals surface area contributed by atoms with Gasteiger partial charge < -0.3 is 44.3 Å². The van der Waals surface area contributed by atoms with Gasteiger partial charge in [-0.15, -0.1) is 24.8 Å². The largest absolute Gasteiger partial charge is 1.00 e. The lowest BCUT2D eigenvalue weighted by Gasteiger charge is -2.39. The summed E-state index contributed by atoms with van der Waals surface area (Å²) < 4.78 is 15.8. The Hall–Kier alpha value is -4.02. The third kappa shape index (κ3) is 8.25. The minimum Gasteiger partial charge on any atom is -1.00 e. The Labute approximate surface area is 364 Å². The maximum atomic E-state index is 5.53. The van der Waals surface area contributed by atoms with Crippen molar-refractivity contribution in [3.05, 3.63) is 97.6 Å². The van der Waals surface area contributed by atoms with Crippen LogP contribution in [-0.4, -0.2) is 73.3 Å². The van der Waals surface area contributed by atoms with Gasteiger partial charge in [-0.1, -0.05) is 0 Å². The van der Waals surface area contributed by atoms with Gasteiger partial charge in [-0.25, -0.2) is 9.13 Å². The fourth-order valence-electron chi connectivity index (χ4n) is 9.74. The second-order valence-corrected chi connectivity index (χ2v) is 15.8. The number of piperidine rings is 2. The Morgan fingerprint density at radius 1 is 0.534 bits per heavy atom. The van der Waals surface area contributed by atoms with Crippen LogP contribution >= 0.6 is 24.8 Å². The van der Waals surface area contributed by atoms with E-state index in [2.05, 4.69) is 114 Å². The first-order chi connectivity index (χ1) is 26.6. The van der Waals surface area contributed by atoms with Gasteiger partial charge in [-0.3, -0.25) is 9.80 Å². The highest BCUT2D eigenvalue weighted by Gasteiger charge is 2.30. The predicted octanol–water partition coefficient (Wildman–Crippen LogP) is 2.83. The monoisotopic (exact) mass is 860 g/mol. The summed E-state index contributed by atoms with van der Waals surface area (Å²) in [6.07, 6.45) is 14.6. The molecule has 0 radical (unpaired) electrons. The van der Waals surface area contributed by atoms with Gasteiger partial charge in [0, 0.05) is 77.3 Å². The van der Waals surface area contributed by atoms with Crippen LogP contribution in [0.1, 0.15) is 25.7 Å². The summed E-state index contributed by atoms with van der Waals surface area (Å²) >= 11 is 0. The van der Waals surface area contributed by atoms with Crippen LogP contribution in [0.2, 0.25) is 0 Å².